The van der Waals surface area contributed by atoms with Crippen molar-refractivity contribution < 1.29 is 13.2 Å². The van der Waals surface area contributed by atoms with Crippen molar-refractivity contribution in [3.05, 3.63) is 115 Å². The minimum absolute atomic E-state index is 0.0661. The molecule has 3 aromatic carbocycles. The van der Waals surface area contributed by atoms with Crippen LogP contribution in [-0.4, -0.2) is 50.8 Å². The van der Waals surface area contributed by atoms with E-state index in [1.807, 2.05) is 49.4 Å². The molecule has 0 aliphatic carbocycles. The number of hydrogen-bond donors (Lipinski definition) is 3. The van der Waals surface area contributed by atoms with E-state index in [4.69, 9.17) is 0 Å². The van der Waals surface area contributed by atoms with Crippen LogP contribution in [0.3, 0.4) is 0 Å². The van der Waals surface area contributed by atoms with Crippen LogP contribution < -0.4 is 15.4 Å². The zero-order valence-electron chi connectivity index (χ0n) is 23.5. The first-order valence-electron chi connectivity index (χ1n) is 13.7. The van der Waals surface area contributed by atoms with Gasteiger partial charge in [-0.25, -0.2) is 23.1 Å². The van der Waals surface area contributed by atoms with Gasteiger partial charge in [0.25, 0.3) is 5.91 Å². The van der Waals surface area contributed by atoms with E-state index in [-0.39, 0.29) is 23.7 Å². The van der Waals surface area contributed by atoms with Gasteiger partial charge in [0, 0.05) is 42.1 Å². The number of benzene rings is 3. The van der Waals surface area contributed by atoms with Crippen molar-refractivity contribution in [2.24, 2.45) is 0 Å². The zero-order valence-corrected chi connectivity index (χ0v) is 24.4. The summed E-state index contributed by atoms with van der Waals surface area (Å²) in [5.74, 6) is -0.0604. The topological polar surface area (TPSA) is 157 Å². The van der Waals surface area contributed by atoms with Gasteiger partial charge in [-0.2, -0.15) is 0 Å². The molecule has 1 amide bonds. The first-order chi connectivity index (χ1) is 21.3. The maximum Gasteiger partial charge on any atom is 0.277 e. The minimum Gasteiger partial charge on any atom is -0.324 e. The monoisotopic (exact) mass is 605 g/mol. The third-order valence-electron chi connectivity index (χ3n) is 6.79. The Labute approximate surface area is 253 Å². The molecule has 0 bridgehead atoms. The van der Waals surface area contributed by atoms with Crippen molar-refractivity contribution in [3.63, 3.8) is 0 Å². The molecule has 0 unspecified atom stereocenters. The number of carbonyl (C=O) groups is 1. The molecular formula is C31H27N9O3S. The Bertz CT molecular complexity index is 2070. The van der Waals surface area contributed by atoms with Crippen LogP contribution >= 0.6 is 0 Å². The summed E-state index contributed by atoms with van der Waals surface area (Å²) in [6.07, 6.45) is 6.56. The SMILES string of the molecule is Cc1ccc(NC(=O)c2cn(CCNS(=O)(=O)c3ccc4ccccc4c3)nn2)cc1Nc1nccc(-c2cccnc2)n1. The second-order valence-corrected chi connectivity index (χ2v) is 11.7. The second-order valence-electron chi connectivity index (χ2n) is 9.89. The lowest BCUT2D eigenvalue weighted by molar-refractivity contribution is 0.102. The molecule has 6 rings (SSSR count). The van der Waals surface area contributed by atoms with E-state index >= 15 is 0 Å². The van der Waals surface area contributed by atoms with Crippen LogP contribution in [0.2, 0.25) is 0 Å². The number of hydrogen-bond acceptors (Lipinski definition) is 9. The molecule has 0 radical (unpaired) electrons. The fourth-order valence-corrected chi connectivity index (χ4v) is 5.52. The number of aromatic nitrogens is 6. The summed E-state index contributed by atoms with van der Waals surface area (Å²) in [6, 6.07) is 23.5. The lowest BCUT2D eigenvalue weighted by Gasteiger charge is -2.11. The van der Waals surface area contributed by atoms with Gasteiger partial charge in [-0.3, -0.25) is 14.5 Å². The Kier molecular flexibility index (Phi) is 8.04. The van der Waals surface area contributed by atoms with Gasteiger partial charge in [0.1, 0.15) is 0 Å². The summed E-state index contributed by atoms with van der Waals surface area (Å²) in [5, 5.41) is 15.7. The molecule has 6 aromatic rings. The first-order valence-corrected chi connectivity index (χ1v) is 15.1. The lowest BCUT2D eigenvalue weighted by atomic mass is 10.1. The summed E-state index contributed by atoms with van der Waals surface area (Å²) in [4.78, 5) is 26.1. The van der Waals surface area contributed by atoms with Crippen molar-refractivity contribution in [2.45, 2.75) is 18.4 Å². The molecule has 0 spiro atoms. The molecule has 0 aliphatic heterocycles. The molecule has 220 valence electrons. The highest BCUT2D eigenvalue weighted by Crippen LogP contribution is 2.25. The summed E-state index contributed by atoms with van der Waals surface area (Å²) >= 11 is 0. The van der Waals surface area contributed by atoms with Crippen LogP contribution in [0.4, 0.5) is 17.3 Å². The van der Waals surface area contributed by atoms with E-state index in [0.717, 1.165) is 27.6 Å². The van der Waals surface area contributed by atoms with Crippen LogP contribution in [0, 0.1) is 6.92 Å². The third-order valence-corrected chi connectivity index (χ3v) is 8.25. The zero-order chi connectivity index (χ0) is 30.5. The van der Waals surface area contributed by atoms with Crippen molar-refractivity contribution in [3.8, 4) is 11.3 Å². The third kappa shape index (κ3) is 6.59. The van der Waals surface area contributed by atoms with Crippen LogP contribution in [-0.2, 0) is 16.6 Å². The summed E-state index contributed by atoms with van der Waals surface area (Å²) < 4.78 is 29.6. The fourth-order valence-electron chi connectivity index (χ4n) is 4.47. The smallest absolute Gasteiger partial charge is 0.277 e. The van der Waals surface area contributed by atoms with Crippen LogP contribution in [0.15, 0.2) is 109 Å². The molecule has 0 saturated carbocycles. The molecule has 44 heavy (non-hydrogen) atoms. The Balaban J connectivity index is 1.07. The van der Waals surface area contributed by atoms with Gasteiger partial charge in [-0.1, -0.05) is 41.6 Å². The highest BCUT2D eigenvalue weighted by atomic mass is 32.2. The van der Waals surface area contributed by atoms with Crippen molar-refractivity contribution in [1.82, 2.24) is 34.7 Å². The van der Waals surface area contributed by atoms with Crippen LogP contribution in [0.1, 0.15) is 16.1 Å². The average molecular weight is 606 g/mol. The van der Waals surface area contributed by atoms with E-state index in [1.165, 1.54) is 10.9 Å². The number of nitrogens with one attached hydrogen (secondary N) is 3. The Hall–Kier alpha value is -5.53. The van der Waals surface area contributed by atoms with Gasteiger partial charge < -0.3 is 10.6 Å². The predicted octanol–water partition coefficient (Wildman–Crippen LogP) is 4.57. The van der Waals surface area contributed by atoms with Crippen molar-refractivity contribution >= 4 is 44.0 Å². The number of fused-ring (bicyclic) bond motifs is 1. The van der Waals surface area contributed by atoms with Gasteiger partial charge in [0.05, 0.1) is 23.3 Å². The Morgan fingerprint density at radius 1 is 0.932 bits per heavy atom. The molecule has 0 aliphatic rings. The van der Waals surface area contributed by atoms with Gasteiger partial charge in [0.2, 0.25) is 16.0 Å². The van der Waals surface area contributed by atoms with Gasteiger partial charge in [-0.05, 0) is 65.7 Å². The fraction of sp³-hybridized carbons (Fsp3) is 0.0968. The largest absolute Gasteiger partial charge is 0.324 e. The van der Waals surface area contributed by atoms with E-state index < -0.39 is 15.9 Å². The first kappa shape index (κ1) is 28.6. The Morgan fingerprint density at radius 3 is 2.64 bits per heavy atom. The number of aryl methyl sites for hydroxylation is 1. The minimum atomic E-state index is -3.73. The highest BCUT2D eigenvalue weighted by Gasteiger charge is 2.16. The molecule has 3 N–H and O–H groups in total. The summed E-state index contributed by atoms with van der Waals surface area (Å²) in [6.45, 7) is 2.18. The average Bonchev–Trinajstić information content (AvgIpc) is 3.52. The summed E-state index contributed by atoms with van der Waals surface area (Å²) in [5.41, 5.74) is 3.85. The molecule has 3 heterocycles. The maximum absolute atomic E-state index is 12.9. The normalized spacial score (nSPS) is 11.4. The number of nitrogens with zero attached hydrogens (tertiary/aromatic N) is 6. The molecule has 0 saturated heterocycles. The van der Waals surface area contributed by atoms with Crippen molar-refractivity contribution in [1.29, 1.82) is 0 Å². The molecule has 0 atom stereocenters. The van der Waals surface area contributed by atoms with Gasteiger partial charge in [0.15, 0.2) is 5.69 Å². The molecule has 3 aromatic heterocycles. The quantitative estimate of drug-likeness (QED) is 0.204. The molecule has 0 fully saturated rings. The number of pyridine rings is 1. The number of anilines is 3. The van der Waals surface area contributed by atoms with Gasteiger partial charge in [-0.15, -0.1) is 5.10 Å². The van der Waals surface area contributed by atoms with E-state index in [1.54, 1.807) is 55.0 Å². The summed E-state index contributed by atoms with van der Waals surface area (Å²) in [7, 11) is -3.73. The molecule has 12 nitrogen and oxygen atoms in total. The number of carbonyl (C=O) groups excluding carboxylic acids is 1. The van der Waals surface area contributed by atoms with Crippen LogP contribution in [0.5, 0.6) is 0 Å². The van der Waals surface area contributed by atoms with E-state index in [2.05, 4.69) is 40.6 Å². The number of rotatable bonds is 10. The highest BCUT2D eigenvalue weighted by molar-refractivity contribution is 7.89. The standard InChI is InChI=1S/C31H27N9O3S/c1-21-8-10-25(18-28(21)37-31-33-14-12-27(36-31)24-7-4-13-32-19-24)35-30(41)29-20-40(39-38-29)16-15-34-44(42,43)26-11-9-22-5-2-3-6-23(22)17-26/h2-14,17-20,34H,15-16H2,1H3,(H,35,41)(H,33,36,37). The van der Waals surface area contributed by atoms with E-state index in [9.17, 15) is 13.2 Å². The van der Waals surface area contributed by atoms with Gasteiger partial charge >= 0.3 is 0 Å². The molecular weight excluding hydrogens is 578 g/mol. The number of amides is 1. The second kappa shape index (κ2) is 12.4. The maximum atomic E-state index is 12.9. The Morgan fingerprint density at radius 2 is 1.80 bits per heavy atom. The lowest BCUT2D eigenvalue weighted by Crippen LogP contribution is -2.27. The molecule has 13 heteroatoms. The predicted molar refractivity (Wildman–Crippen MR) is 167 cm³/mol. The van der Waals surface area contributed by atoms with Crippen LogP contribution in [0.25, 0.3) is 22.0 Å². The number of sulfonamides is 1. The van der Waals surface area contributed by atoms with Crippen molar-refractivity contribution in [2.75, 3.05) is 17.2 Å². The van der Waals surface area contributed by atoms with E-state index in [0.29, 0.717) is 17.3 Å².